The fraction of sp³-hybridized carbons (Fsp3) is 0.667. The molecule has 3 saturated carbocycles. The van der Waals surface area contributed by atoms with Gasteiger partial charge in [-0.3, -0.25) is 0 Å². The Kier molecular flexibility index (Phi) is 11.7. The highest BCUT2D eigenvalue weighted by molar-refractivity contribution is 7.12. The molecule has 0 amide bonds. The molecular formula is C36H54N6S3. The molecule has 0 aromatic carbocycles. The van der Waals surface area contributed by atoms with Gasteiger partial charge in [0.25, 0.3) is 0 Å². The Morgan fingerprint density at radius 2 is 0.489 bits per heavy atom. The maximum Gasteiger partial charge on any atom is 0.0303 e. The first-order chi connectivity index (χ1) is 22.2. The molecule has 9 heteroatoms. The average Bonchev–Trinajstić information content (AvgIpc) is 3.85. The zero-order valence-corrected chi connectivity index (χ0v) is 29.3. The van der Waals surface area contributed by atoms with E-state index >= 15 is 0 Å². The van der Waals surface area contributed by atoms with Crippen molar-refractivity contribution < 1.29 is 0 Å². The second kappa shape index (κ2) is 16.3. The summed E-state index contributed by atoms with van der Waals surface area (Å²) in [5, 5.41) is 23.8. The molecule has 45 heavy (non-hydrogen) atoms. The summed E-state index contributed by atoms with van der Waals surface area (Å²) in [6.07, 6.45) is 15.7. The molecule has 3 fully saturated rings. The van der Waals surface area contributed by atoms with Gasteiger partial charge in [-0.2, -0.15) is 0 Å². The molecule has 6 unspecified atom stereocenters. The standard InChI is InChI=1S/C36H54N6S3/c1-2-8-32-31(7-1)37-19-25-13-14-27(43-25)21-39-33-9-3-4-10-34(33)41-23-29-17-18-30(45-29)24-42-36-12-6-5-11-35(36)40-22-28-16-15-26(44-28)20-38-32/h13-18,31-42H,1-12,19-24H2. The fourth-order valence-electron chi connectivity index (χ4n) is 8.09. The van der Waals surface area contributed by atoms with Crippen molar-refractivity contribution in [2.45, 2.75) is 153 Å². The quantitative estimate of drug-likeness (QED) is 0.160. The minimum absolute atomic E-state index is 0.551. The Balaban J connectivity index is 1.03. The van der Waals surface area contributed by atoms with Crippen LogP contribution in [0.3, 0.4) is 0 Å². The molecule has 0 radical (unpaired) electrons. The van der Waals surface area contributed by atoms with Crippen molar-refractivity contribution >= 4 is 34.0 Å². The highest BCUT2D eigenvalue weighted by Gasteiger charge is 2.27. The summed E-state index contributed by atoms with van der Waals surface area (Å²) < 4.78 is 0. The molecule has 1 aliphatic heterocycles. The molecule has 0 spiro atoms. The number of thiophene rings is 3. The van der Waals surface area contributed by atoms with E-state index < -0.39 is 0 Å². The predicted octanol–water partition coefficient (Wildman–Crippen LogP) is 6.76. The van der Waals surface area contributed by atoms with Crippen molar-refractivity contribution in [3.05, 3.63) is 65.7 Å². The Hall–Kier alpha value is -1.14. The molecule has 6 atom stereocenters. The normalized spacial score (nSPS) is 31.2. The molecule has 3 aromatic heterocycles. The Morgan fingerprint density at radius 3 is 0.667 bits per heavy atom. The zero-order valence-electron chi connectivity index (χ0n) is 26.9. The van der Waals surface area contributed by atoms with Crippen LogP contribution in [0.2, 0.25) is 0 Å². The topological polar surface area (TPSA) is 72.2 Å². The maximum absolute atomic E-state index is 3.96. The number of nitrogens with one attached hydrogen (secondary N) is 6. The van der Waals surface area contributed by atoms with Crippen molar-refractivity contribution in [2.75, 3.05) is 0 Å². The highest BCUT2D eigenvalue weighted by Crippen LogP contribution is 2.26. The van der Waals surface area contributed by atoms with Gasteiger partial charge >= 0.3 is 0 Å². The summed E-state index contributed by atoms with van der Waals surface area (Å²) in [6, 6.07) is 17.4. The van der Waals surface area contributed by atoms with Crippen LogP contribution in [0.5, 0.6) is 0 Å². The van der Waals surface area contributed by atoms with Crippen molar-refractivity contribution in [3.8, 4) is 0 Å². The molecule has 246 valence electrons. The van der Waals surface area contributed by atoms with Crippen molar-refractivity contribution in [3.63, 3.8) is 0 Å². The molecule has 4 heterocycles. The maximum atomic E-state index is 3.96. The second-order valence-electron chi connectivity index (χ2n) is 13.9. The monoisotopic (exact) mass is 666 g/mol. The summed E-state index contributed by atoms with van der Waals surface area (Å²) in [6.45, 7) is 5.89. The van der Waals surface area contributed by atoms with Crippen LogP contribution in [0, 0.1) is 0 Å². The number of fused-ring (bicyclic) bond motifs is 9. The van der Waals surface area contributed by atoms with Gasteiger partial charge in [0.05, 0.1) is 0 Å². The summed E-state index contributed by atoms with van der Waals surface area (Å²) in [4.78, 5) is 8.78. The van der Waals surface area contributed by atoms with Gasteiger partial charge in [0, 0.05) is 105 Å². The summed E-state index contributed by atoms with van der Waals surface area (Å²) in [5.41, 5.74) is 0. The fourth-order valence-corrected chi connectivity index (χ4v) is 10.8. The highest BCUT2D eigenvalue weighted by atomic mass is 32.1. The lowest BCUT2D eigenvalue weighted by molar-refractivity contribution is 0.282. The number of rotatable bonds is 0. The average molecular weight is 667 g/mol. The summed E-state index contributed by atoms with van der Waals surface area (Å²) in [5.74, 6) is 0. The van der Waals surface area contributed by atoms with Crippen LogP contribution in [-0.4, -0.2) is 36.3 Å². The van der Waals surface area contributed by atoms with Gasteiger partial charge in [-0.05, 0) is 74.9 Å². The minimum atomic E-state index is 0.551. The van der Waals surface area contributed by atoms with Crippen LogP contribution in [0.1, 0.15) is 106 Å². The van der Waals surface area contributed by atoms with E-state index in [0.29, 0.717) is 36.3 Å². The molecule has 6 nitrogen and oxygen atoms in total. The predicted molar refractivity (Wildman–Crippen MR) is 192 cm³/mol. The van der Waals surface area contributed by atoms with E-state index in [-0.39, 0.29) is 0 Å². The minimum Gasteiger partial charge on any atom is -0.308 e. The molecule has 4 aliphatic rings. The zero-order chi connectivity index (χ0) is 30.3. The first-order valence-corrected chi connectivity index (χ1v) is 20.3. The Labute approximate surface area is 283 Å². The van der Waals surface area contributed by atoms with Crippen molar-refractivity contribution in [2.24, 2.45) is 0 Å². The van der Waals surface area contributed by atoms with Gasteiger partial charge in [0.1, 0.15) is 0 Å². The molecule has 7 rings (SSSR count). The van der Waals surface area contributed by atoms with E-state index in [9.17, 15) is 0 Å². The lowest BCUT2D eigenvalue weighted by Crippen LogP contribution is -2.49. The third kappa shape index (κ3) is 9.06. The molecular weight excluding hydrogens is 613 g/mol. The first kappa shape index (κ1) is 32.4. The van der Waals surface area contributed by atoms with Gasteiger partial charge in [-0.1, -0.05) is 38.5 Å². The van der Waals surface area contributed by atoms with E-state index in [1.807, 2.05) is 34.0 Å². The molecule has 6 bridgehead atoms. The van der Waals surface area contributed by atoms with Gasteiger partial charge in [0.2, 0.25) is 0 Å². The van der Waals surface area contributed by atoms with Crippen LogP contribution in [0.4, 0.5) is 0 Å². The van der Waals surface area contributed by atoms with Gasteiger partial charge in [0.15, 0.2) is 0 Å². The van der Waals surface area contributed by atoms with Gasteiger partial charge in [-0.15, -0.1) is 34.0 Å². The smallest absolute Gasteiger partial charge is 0.0303 e. The third-order valence-corrected chi connectivity index (χ3v) is 13.9. The van der Waals surface area contributed by atoms with E-state index in [1.54, 1.807) is 0 Å². The van der Waals surface area contributed by atoms with Crippen LogP contribution < -0.4 is 31.9 Å². The van der Waals surface area contributed by atoms with E-state index in [2.05, 4.69) is 68.3 Å². The van der Waals surface area contributed by atoms with Crippen LogP contribution in [0.15, 0.2) is 36.4 Å². The Morgan fingerprint density at radius 1 is 0.311 bits per heavy atom. The van der Waals surface area contributed by atoms with Crippen LogP contribution >= 0.6 is 34.0 Å². The second-order valence-corrected chi connectivity index (χ2v) is 17.6. The van der Waals surface area contributed by atoms with Crippen LogP contribution in [-0.2, 0) is 39.3 Å². The number of hydrogen-bond donors (Lipinski definition) is 6. The number of hydrogen-bond acceptors (Lipinski definition) is 9. The van der Waals surface area contributed by atoms with E-state index in [4.69, 9.17) is 0 Å². The van der Waals surface area contributed by atoms with Crippen LogP contribution in [0.25, 0.3) is 0 Å². The summed E-state index contributed by atoms with van der Waals surface area (Å²) in [7, 11) is 0. The molecule has 0 saturated heterocycles. The Bertz CT molecular complexity index is 1070. The summed E-state index contributed by atoms with van der Waals surface area (Å²) >= 11 is 5.96. The largest absolute Gasteiger partial charge is 0.308 e. The van der Waals surface area contributed by atoms with Gasteiger partial charge in [-0.25, -0.2) is 0 Å². The lowest BCUT2D eigenvalue weighted by atomic mass is 9.90. The van der Waals surface area contributed by atoms with E-state index in [0.717, 1.165) is 39.3 Å². The van der Waals surface area contributed by atoms with Crippen molar-refractivity contribution in [1.29, 1.82) is 0 Å². The first-order valence-electron chi connectivity index (χ1n) is 17.9. The molecule has 3 aliphatic carbocycles. The van der Waals surface area contributed by atoms with E-state index in [1.165, 1.54) is 106 Å². The molecule has 3 aromatic rings. The van der Waals surface area contributed by atoms with Crippen molar-refractivity contribution in [1.82, 2.24) is 31.9 Å². The van der Waals surface area contributed by atoms with Gasteiger partial charge < -0.3 is 31.9 Å². The lowest BCUT2D eigenvalue weighted by Gasteiger charge is -2.33. The molecule has 6 N–H and O–H groups in total. The SMILES string of the molecule is c1cc2sc1CNC1CCCCC1NCc1ccc(s1)CNC1CCCCC1NCc1ccc(s1)CNC1CCCCC1NC2. The third-order valence-electron chi connectivity index (χ3n) is 10.7.